The smallest absolute Gasteiger partial charge is 0.270 e. The number of carbonyl (C=O) groups excluding carboxylic acids is 2. The van der Waals surface area contributed by atoms with E-state index < -0.39 is 11.8 Å². The summed E-state index contributed by atoms with van der Waals surface area (Å²) >= 11 is 5.25. The quantitative estimate of drug-likeness (QED) is 0.465. The van der Waals surface area contributed by atoms with Gasteiger partial charge in [0.05, 0.1) is 19.9 Å². The van der Waals surface area contributed by atoms with Crippen LogP contribution in [0, 0.1) is 6.92 Å². The van der Waals surface area contributed by atoms with E-state index in [1.165, 1.54) is 18.1 Å². The Morgan fingerprint density at radius 3 is 2.34 bits per heavy atom. The monoisotopic (exact) mass is 410 g/mol. The molecule has 6 nitrogen and oxygen atoms in total. The van der Waals surface area contributed by atoms with Crippen LogP contribution in [-0.4, -0.2) is 31.1 Å². The van der Waals surface area contributed by atoms with Gasteiger partial charge < -0.3 is 9.47 Å². The minimum absolute atomic E-state index is 0.0268. The molecular formula is C22H22N2O4S. The number of anilines is 1. The predicted octanol–water partition coefficient (Wildman–Crippen LogP) is 3.41. The zero-order valence-corrected chi connectivity index (χ0v) is 17.6. The zero-order valence-electron chi connectivity index (χ0n) is 16.7. The fourth-order valence-corrected chi connectivity index (χ4v) is 3.51. The largest absolute Gasteiger partial charge is 0.496 e. The predicted molar refractivity (Wildman–Crippen MR) is 116 cm³/mol. The van der Waals surface area contributed by atoms with E-state index in [4.69, 9.17) is 21.7 Å². The van der Waals surface area contributed by atoms with E-state index in [2.05, 4.69) is 12.2 Å². The summed E-state index contributed by atoms with van der Waals surface area (Å²) in [6.45, 7) is 3.90. The van der Waals surface area contributed by atoms with Crippen LogP contribution < -0.4 is 19.7 Å². The first kappa shape index (κ1) is 20.5. The molecule has 0 aromatic heterocycles. The second-order valence-corrected chi connectivity index (χ2v) is 6.88. The normalized spacial score (nSPS) is 15.5. The molecule has 2 aromatic carbocycles. The topological polar surface area (TPSA) is 67.9 Å². The minimum Gasteiger partial charge on any atom is -0.496 e. The van der Waals surface area contributed by atoms with Gasteiger partial charge in [0, 0.05) is 11.1 Å². The van der Waals surface area contributed by atoms with Gasteiger partial charge in [0.15, 0.2) is 5.11 Å². The summed E-state index contributed by atoms with van der Waals surface area (Å²) < 4.78 is 10.8. The second kappa shape index (κ2) is 8.45. The first-order valence-electron chi connectivity index (χ1n) is 9.13. The van der Waals surface area contributed by atoms with Gasteiger partial charge in [-0.05, 0) is 61.5 Å². The number of hydrogen-bond acceptors (Lipinski definition) is 5. The van der Waals surface area contributed by atoms with Gasteiger partial charge >= 0.3 is 0 Å². The van der Waals surface area contributed by atoms with Crippen LogP contribution in [0.25, 0.3) is 6.08 Å². The molecule has 0 spiro atoms. The lowest BCUT2D eigenvalue weighted by Gasteiger charge is -2.29. The number of carbonyl (C=O) groups is 2. The van der Waals surface area contributed by atoms with Crippen LogP contribution in [0.1, 0.15) is 23.6 Å². The number of amides is 2. The van der Waals surface area contributed by atoms with Gasteiger partial charge in [-0.3, -0.25) is 19.8 Å². The number of nitrogens with one attached hydrogen (secondary N) is 1. The molecule has 0 saturated carbocycles. The van der Waals surface area contributed by atoms with E-state index in [0.717, 1.165) is 17.5 Å². The van der Waals surface area contributed by atoms with Crippen molar-refractivity contribution in [3.8, 4) is 11.5 Å². The SMILES string of the molecule is CCc1ccc(N2C(=O)/C(=C/c3ccc(OC)c(C)c3OC)C(=O)NC2=S)cc1. The molecule has 1 fully saturated rings. The maximum atomic E-state index is 13.2. The average molecular weight is 410 g/mol. The molecule has 0 atom stereocenters. The molecule has 0 radical (unpaired) electrons. The highest BCUT2D eigenvalue weighted by Gasteiger charge is 2.34. The highest BCUT2D eigenvalue weighted by molar-refractivity contribution is 7.80. The number of rotatable bonds is 5. The van der Waals surface area contributed by atoms with Crippen LogP contribution in [-0.2, 0) is 16.0 Å². The third-order valence-corrected chi connectivity index (χ3v) is 5.10. The van der Waals surface area contributed by atoms with Crippen LogP contribution in [0.4, 0.5) is 5.69 Å². The van der Waals surface area contributed by atoms with Gasteiger partial charge in [0.25, 0.3) is 11.8 Å². The Morgan fingerprint density at radius 2 is 1.76 bits per heavy atom. The van der Waals surface area contributed by atoms with Crippen LogP contribution in [0.5, 0.6) is 11.5 Å². The van der Waals surface area contributed by atoms with Crippen LogP contribution in [0.2, 0.25) is 0 Å². The Kier molecular flexibility index (Phi) is 5.98. The van der Waals surface area contributed by atoms with Gasteiger partial charge in [0.2, 0.25) is 0 Å². The highest BCUT2D eigenvalue weighted by atomic mass is 32.1. The lowest BCUT2D eigenvalue weighted by atomic mass is 10.0. The van der Waals surface area contributed by atoms with E-state index >= 15 is 0 Å². The van der Waals surface area contributed by atoms with Gasteiger partial charge in [0.1, 0.15) is 17.1 Å². The third kappa shape index (κ3) is 3.86. The molecule has 0 unspecified atom stereocenters. The van der Waals surface area contributed by atoms with Crippen molar-refractivity contribution in [2.24, 2.45) is 0 Å². The maximum Gasteiger partial charge on any atom is 0.270 e. The van der Waals surface area contributed by atoms with Crippen molar-refractivity contribution in [2.75, 3.05) is 19.1 Å². The molecule has 0 aliphatic carbocycles. The molecule has 1 N–H and O–H groups in total. The summed E-state index contributed by atoms with van der Waals surface area (Å²) in [5, 5.41) is 2.65. The summed E-state index contributed by atoms with van der Waals surface area (Å²) in [6, 6.07) is 11.0. The van der Waals surface area contributed by atoms with Gasteiger partial charge in [-0.15, -0.1) is 0 Å². The third-order valence-electron chi connectivity index (χ3n) is 4.81. The molecule has 7 heteroatoms. The number of benzene rings is 2. The first-order chi connectivity index (χ1) is 13.9. The van der Waals surface area contributed by atoms with E-state index in [1.54, 1.807) is 19.2 Å². The minimum atomic E-state index is -0.544. The maximum absolute atomic E-state index is 13.2. The molecule has 2 amide bonds. The second-order valence-electron chi connectivity index (χ2n) is 6.49. The number of methoxy groups -OCH3 is 2. The lowest BCUT2D eigenvalue weighted by molar-refractivity contribution is -0.122. The number of ether oxygens (including phenoxy) is 2. The van der Waals surface area contributed by atoms with Crippen molar-refractivity contribution in [2.45, 2.75) is 20.3 Å². The first-order valence-corrected chi connectivity index (χ1v) is 9.54. The molecule has 150 valence electrons. The molecule has 1 heterocycles. The molecule has 1 aliphatic heterocycles. The fraction of sp³-hybridized carbons (Fsp3) is 0.227. The Balaban J connectivity index is 2.05. The number of thiocarbonyl (C=S) groups is 1. The molecule has 29 heavy (non-hydrogen) atoms. The van der Waals surface area contributed by atoms with Crippen LogP contribution >= 0.6 is 12.2 Å². The molecular weight excluding hydrogens is 388 g/mol. The lowest BCUT2D eigenvalue weighted by Crippen LogP contribution is -2.54. The van der Waals surface area contributed by atoms with Gasteiger partial charge in [-0.25, -0.2) is 0 Å². The fourth-order valence-electron chi connectivity index (χ4n) is 3.23. The highest BCUT2D eigenvalue weighted by Crippen LogP contribution is 2.33. The number of nitrogens with zero attached hydrogens (tertiary/aromatic N) is 1. The Labute approximate surface area is 175 Å². The molecule has 0 bridgehead atoms. The van der Waals surface area contributed by atoms with Gasteiger partial charge in [-0.2, -0.15) is 0 Å². The standard InChI is InChI=1S/C22H22N2O4S/c1-5-14-6-9-16(10-7-14)24-21(26)17(20(25)23-22(24)29)12-15-8-11-18(27-3)13(2)19(15)28-4/h6-12H,5H2,1-4H3,(H,23,25,29)/b17-12+. The summed E-state index contributed by atoms with van der Waals surface area (Å²) in [5.74, 6) is 0.155. The van der Waals surface area contributed by atoms with E-state index in [9.17, 15) is 9.59 Å². The van der Waals surface area contributed by atoms with Crippen molar-refractivity contribution in [1.29, 1.82) is 0 Å². The van der Waals surface area contributed by atoms with E-state index in [1.807, 2.05) is 31.2 Å². The van der Waals surface area contributed by atoms with E-state index in [0.29, 0.717) is 22.7 Å². The van der Waals surface area contributed by atoms with Crippen molar-refractivity contribution in [1.82, 2.24) is 5.32 Å². The Bertz CT molecular complexity index is 1010. The van der Waals surface area contributed by atoms with E-state index in [-0.39, 0.29) is 10.7 Å². The zero-order chi connectivity index (χ0) is 21.1. The van der Waals surface area contributed by atoms with Crippen molar-refractivity contribution in [3.63, 3.8) is 0 Å². The molecule has 1 aliphatic rings. The molecule has 1 saturated heterocycles. The number of aryl methyl sites for hydroxylation is 1. The Morgan fingerprint density at radius 1 is 1.07 bits per heavy atom. The van der Waals surface area contributed by atoms with Crippen molar-refractivity contribution >= 4 is 40.9 Å². The number of hydrogen-bond donors (Lipinski definition) is 1. The summed E-state index contributed by atoms with van der Waals surface area (Å²) in [4.78, 5) is 27.0. The van der Waals surface area contributed by atoms with Crippen molar-refractivity contribution in [3.05, 3.63) is 58.7 Å². The summed E-state index contributed by atoms with van der Waals surface area (Å²) in [6.07, 6.45) is 2.40. The average Bonchev–Trinajstić information content (AvgIpc) is 2.71. The Hall–Kier alpha value is -3.19. The van der Waals surface area contributed by atoms with Crippen LogP contribution in [0.3, 0.4) is 0 Å². The van der Waals surface area contributed by atoms with Crippen molar-refractivity contribution < 1.29 is 19.1 Å². The van der Waals surface area contributed by atoms with Gasteiger partial charge in [-0.1, -0.05) is 19.1 Å². The summed E-state index contributed by atoms with van der Waals surface area (Å²) in [5.41, 5.74) is 3.08. The van der Waals surface area contributed by atoms with Crippen LogP contribution in [0.15, 0.2) is 42.0 Å². The summed E-state index contributed by atoms with van der Waals surface area (Å²) in [7, 11) is 3.10. The molecule has 3 rings (SSSR count). The molecule has 2 aromatic rings.